The van der Waals surface area contributed by atoms with E-state index < -0.39 is 15.9 Å². The van der Waals surface area contributed by atoms with Crippen LogP contribution in [-0.4, -0.2) is 54.2 Å². The standard InChI is InChI=1S/C33H37N3O6S/c1-24-8-3-14-32(25(24)2)42-17-7-15-33(37)36-16-6-12-30-29(11-5-13-31(30)36)27-21-34-35(23-27)22-26-9-4-10-28(20-26)41-18-19-43(38,39)40/h3-5,8-11,13-14,20-21,23H,6-7,12,15-19,22H2,1-2H3,(H,38,39,40). The zero-order valence-corrected chi connectivity index (χ0v) is 25.3. The number of carbonyl (C=O) groups is 1. The highest BCUT2D eigenvalue weighted by atomic mass is 32.2. The molecule has 1 aliphatic heterocycles. The molecule has 0 aliphatic carbocycles. The first kappa shape index (κ1) is 30.3. The number of benzene rings is 3. The van der Waals surface area contributed by atoms with E-state index in [1.54, 1.807) is 6.07 Å². The van der Waals surface area contributed by atoms with Crippen molar-refractivity contribution in [2.24, 2.45) is 0 Å². The molecule has 0 atom stereocenters. The fraction of sp³-hybridized carbons (Fsp3) is 0.333. The third-order valence-electron chi connectivity index (χ3n) is 7.70. The Morgan fingerprint density at radius 2 is 1.84 bits per heavy atom. The van der Waals surface area contributed by atoms with Crippen molar-refractivity contribution in [3.05, 3.63) is 95.3 Å². The molecule has 226 valence electrons. The summed E-state index contributed by atoms with van der Waals surface area (Å²) in [6, 6.07) is 19.5. The van der Waals surface area contributed by atoms with Crippen LogP contribution in [-0.2, 0) is 27.9 Å². The molecule has 43 heavy (non-hydrogen) atoms. The molecule has 10 heteroatoms. The Morgan fingerprint density at radius 3 is 2.67 bits per heavy atom. The maximum absolute atomic E-state index is 13.3. The van der Waals surface area contributed by atoms with Crippen LogP contribution in [0.1, 0.15) is 41.5 Å². The molecule has 0 unspecified atom stereocenters. The van der Waals surface area contributed by atoms with Gasteiger partial charge in [-0.1, -0.05) is 36.4 Å². The quantitative estimate of drug-likeness (QED) is 0.165. The highest BCUT2D eigenvalue weighted by Gasteiger charge is 2.24. The summed E-state index contributed by atoms with van der Waals surface area (Å²) in [5, 5.41) is 4.57. The maximum Gasteiger partial charge on any atom is 0.268 e. The van der Waals surface area contributed by atoms with Gasteiger partial charge in [-0.05, 0) is 85.2 Å². The molecule has 1 amide bonds. The number of hydrogen-bond donors (Lipinski definition) is 1. The average molecular weight is 604 g/mol. The zero-order chi connectivity index (χ0) is 30.4. The number of hydrogen-bond acceptors (Lipinski definition) is 6. The highest BCUT2D eigenvalue weighted by molar-refractivity contribution is 7.85. The van der Waals surface area contributed by atoms with Gasteiger partial charge in [-0.3, -0.25) is 14.0 Å². The van der Waals surface area contributed by atoms with Gasteiger partial charge in [0.2, 0.25) is 5.91 Å². The molecule has 0 bridgehead atoms. The fourth-order valence-electron chi connectivity index (χ4n) is 5.35. The lowest BCUT2D eigenvalue weighted by Gasteiger charge is -2.31. The number of nitrogens with zero attached hydrogens (tertiary/aromatic N) is 3. The van der Waals surface area contributed by atoms with Gasteiger partial charge in [-0.2, -0.15) is 13.5 Å². The second-order valence-electron chi connectivity index (χ2n) is 10.8. The van der Waals surface area contributed by atoms with Crippen molar-refractivity contribution in [3.63, 3.8) is 0 Å². The Kier molecular flexibility index (Phi) is 9.47. The van der Waals surface area contributed by atoms with E-state index in [-0.39, 0.29) is 12.5 Å². The SMILES string of the molecule is Cc1cccc(OCCCC(=O)N2CCCc3c(-c4cnn(Cc5cccc(OCCS(=O)(=O)O)c5)c4)cccc32)c1C. The third-order valence-corrected chi connectivity index (χ3v) is 8.38. The van der Waals surface area contributed by atoms with Crippen LogP contribution in [0.25, 0.3) is 11.1 Å². The van der Waals surface area contributed by atoms with Crippen LogP contribution in [0.4, 0.5) is 5.69 Å². The molecule has 3 aromatic carbocycles. The summed E-state index contributed by atoms with van der Waals surface area (Å²) in [7, 11) is -4.08. The van der Waals surface area contributed by atoms with E-state index in [1.165, 1.54) is 5.56 Å². The molecule has 0 saturated carbocycles. The van der Waals surface area contributed by atoms with Crippen molar-refractivity contribution in [3.8, 4) is 22.6 Å². The Hall–Kier alpha value is -4.15. The van der Waals surface area contributed by atoms with Gasteiger partial charge >= 0.3 is 0 Å². The lowest BCUT2D eigenvalue weighted by molar-refractivity contribution is -0.118. The molecule has 2 heterocycles. The molecule has 1 aromatic heterocycles. The van der Waals surface area contributed by atoms with E-state index in [2.05, 4.69) is 24.2 Å². The summed E-state index contributed by atoms with van der Waals surface area (Å²) in [4.78, 5) is 15.2. The molecule has 5 rings (SSSR count). The minimum atomic E-state index is -4.08. The van der Waals surface area contributed by atoms with E-state index in [1.807, 2.05) is 71.4 Å². The topological polar surface area (TPSA) is 111 Å². The predicted molar refractivity (Wildman–Crippen MR) is 166 cm³/mol. The number of rotatable bonds is 12. The molecule has 9 nitrogen and oxygen atoms in total. The van der Waals surface area contributed by atoms with Crippen LogP contribution in [0.2, 0.25) is 0 Å². The lowest BCUT2D eigenvalue weighted by Crippen LogP contribution is -2.35. The summed E-state index contributed by atoms with van der Waals surface area (Å²) in [6.07, 6.45) is 6.69. The minimum absolute atomic E-state index is 0.108. The second-order valence-corrected chi connectivity index (χ2v) is 12.4. The van der Waals surface area contributed by atoms with Gasteiger partial charge < -0.3 is 14.4 Å². The van der Waals surface area contributed by atoms with Crippen molar-refractivity contribution in [2.75, 3.05) is 30.4 Å². The summed E-state index contributed by atoms with van der Waals surface area (Å²) >= 11 is 0. The highest BCUT2D eigenvalue weighted by Crippen LogP contribution is 2.36. The smallest absolute Gasteiger partial charge is 0.268 e. The first-order chi connectivity index (χ1) is 20.7. The van der Waals surface area contributed by atoms with Crippen molar-refractivity contribution in [2.45, 2.75) is 46.1 Å². The Labute approximate surface area is 252 Å². The fourth-order valence-corrected chi connectivity index (χ4v) is 5.64. The lowest BCUT2D eigenvalue weighted by atomic mass is 9.93. The number of fused-ring (bicyclic) bond motifs is 1. The summed E-state index contributed by atoms with van der Waals surface area (Å²) in [5.74, 6) is 1.04. The van der Waals surface area contributed by atoms with E-state index in [9.17, 15) is 13.2 Å². The Morgan fingerprint density at radius 1 is 1.02 bits per heavy atom. The van der Waals surface area contributed by atoms with Crippen LogP contribution in [0.15, 0.2) is 73.1 Å². The monoisotopic (exact) mass is 603 g/mol. The van der Waals surface area contributed by atoms with Crippen molar-refractivity contribution < 1.29 is 27.2 Å². The Balaban J connectivity index is 1.22. The van der Waals surface area contributed by atoms with Crippen LogP contribution in [0.5, 0.6) is 11.5 Å². The van der Waals surface area contributed by atoms with Crippen molar-refractivity contribution in [1.82, 2.24) is 9.78 Å². The molecular weight excluding hydrogens is 566 g/mol. The third kappa shape index (κ3) is 7.82. The van der Waals surface area contributed by atoms with Gasteiger partial charge in [0.05, 0.1) is 19.3 Å². The molecule has 0 spiro atoms. The van der Waals surface area contributed by atoms with Gasteiger partial charge in [-0.25, -0.2) is 0 Å². The van der Waals surface area contributed by atoms with Gasteiger partial charge in [0, 0.05) is 30.4 Å². The van der Waals surface area contributed by atoms with Gasteiger partial charge in [0.1, 0.15) is 23.9 Å². The number of amides is 1. The maximum atomic E-state index is 13.3. The number of anilines is 1. The predicted octanol–water partition coefficient (Wildman–Crippen LogP) is 5.62. The van der Waals surface area contributed by atoms with Gasteiger partial charge in [0.25, 0.3) is 10.1 Å². The van der Waals surface area contributed by atoms with Gasteiger partial charge in [0.15, 0.2) is 0 Å². The van der Waals surface area contributed by atoms with E-state index in [4.69, 9.17) is 14.0 Å². The van der Waals surface area contributed by atoms with Crippen LogP contribution < -0.4 is 14.4 Å². The van der Waals surface area contributed by atoms with Crippen molar-refractivity contribution in [1.29, 1.82) is 0 Å². The average Bonchev–Trinajstić information content (AvgIpc) is 3.44. The second kappa shape index (κ2) is 13.4. The van der Waals surface area contributed by atoms with E-state index in [0.717, 1.165) is 52.1 Å². The van der Waals surface area contributed by atoms with Gasteiger partial charge in [-0.15, -0.1) is 0 Å². The largest absolute Gasteiger partial charge is 0.493 e. The molecule has 1 aliphatic rings. The van der Waals surface area contributed by atoms with E-state index >= 15 is 0 Å². The summed E-state index contributed by atoms with van der Waals surface area (Å²) in [5.41, 5.74) is 7.43. The minimum Gasteiger partial charge on any atom is -0.493 e. The van der Waals surface area contributed by atoms with Crippen LogP contribution in [0, 0.1) is 13.8 Å². The van der Waals surface area contributed by atoms with Crippen molar-refractivity contribution >= 4 is 21.7 Å². The number of carbonyl (C=O) groups excluding carboxylic acids is 1. The number of aromatic nitrogens is 2. The molecule has 0 radical (unpaired) electrons. The molecular formula is C33H37N3O6S. The molecule has 0 saturated heterocycles. The zero-order valence-electron chi connectivity index (χ0n) is 24.5. The van der Waals surface area contributed by atoms with Crippen LogP contribution >= 0.6 is 0 Å². The normalized spacial score (nSPS) is 13.0. The molecule has 4 aromatic rings. The Bertz CT molecular complexity index is 1700. The first-order valence-corrected chi connectivity index (χ1v) is 16.1. The van der Waals surface area contributed by atoms with E-state index in [0.29, 0.717) is 38.3 Å². The summed E-state index contributed by atoms with van der Waals surface area (Å²) in [6.45, 7) is 5.68. The molecule has 1 N–H and O–H groups in total. The summed E-state index contributed by atoms with van der Waals surface area (Å²) < 4.78 is 44.1. The molecule has 0 fully saturated rings. The first-order valence-electron chi connectivity index (χ1n) is 14.5. The number of aryl methyl sites for hydroxylation is 1. The van der Waals surface area contributed by atoms with Crippen LogP contribution in [0.3, 0.4) is 0 Å². The number of ether oxygens (including phenoxy) is 2.